The van der Waals surface area contributed by atoms with E-state index in [9.17, 15) is 4.79 Å². The third-order valence-corrected chi connectivity index (χ3v) is 1.77. The second kappa shape index (κ2) is 5.13. The minimum absolute atomic E-state index is 0.0833. The zero-order valence-corrected chi connectivity index (χ0v) is 7.55. The number of hydrogen-bond donors (Lipinski definition) is 2. The topological polar surface area (TPSA) is 55.1 Å². The van der Waals surface area contributed by atoms with Crippen LogP contribution in [0.3, 0.4) is 0 Å². The average molecular weight is 158 g/mol. The Morgan fingerprint density at radius 3 is 2.45 bits per heavy atom. The Balaban J connectivity index is 3.84. The van der Waals surface area contributed by atoms with E-state index >= 15 is 0 Å². The molecule has 0 fully saturated rings. The van der Waals surface area contributed by atoms with Gasteiger partial charge in [0.2, 0.25) is 5.91 Å². The van der Waals surface area contributed by atoms with Crippen LogP contribution in [0, 0.1) is 5.92 Å². The van der Waals surface area contributed by atoms with Crippen LogP contribution >= 0.6 is 0 Å². The molecular weight excluding hydrogens is 140 g/mol. The Hall–Kier alpha value is -0.570. The monoisotopic (exact) mass is 158 g/mol. The molecule has 0 bridgehead atoms. The standard InChI is InChI=1S/C8H18N2O/c1-4-7(5-6(2)9)8(11)10-3/h6-7H,4-5,9H2,1-3H3,(H,10,11). The first kappa shape index (κ1) is 10.4. The van der Waals surface area contributed by atoms with E-state index in [4.69, 9.17) is 5.73 Å². The molecule has 0 heterocycles. The number of nitrogens with one attached hydrogen (secondary N) is 1. The van der Waals surface area contributed by atoms with Gasteiger partial charge in [-0.2, -0.15) is 0 Å². The van der Waals surface area contributed by atoms with Crippen molar-refractivity contribution in [2.75, 3.05) is 7.05 Å². The molecule has 0 rings (SSSR count). The summed E-state index contributed by atoms with van der Waals surface area (Å²) in [6.45, 7) is 3.92. The average Bonchev–Trinajstić information content (AvgIpc) is 1.98. The molecule has 0 saturated heterocycles. The fourth-order valence-electron chi connectivity index (χ4n) is 1.11. The molecule has 0 radical (unpaired) electrons. The molecule has 66 valence electrons. The number of rotatable bonds is 4. The molecular formula is C8H18N2O. The van der Waals surface area contributed by atoms with Gasteiger partial charge >= 0.3 is 0 Å². The van der Waals surface area contributed by atoms with Gasteiger partial charge in [-0.1, -0.05) is 6.92 Å². The van der Waals surface area contributed by atoms with Gasteiger partial charge in [-0.3, -0.25) is 4.79 Å². The molecule has 0 saturated carbocycles. The maximum atomic E-state index is 11.1. The molecule has 0 aliphatic rings. The first-order valence-corrected chi connectivity index (χ1v) is 4.09. The van der Waals surface area contributed by atoms with Crippen molar-refractivity contribution in [3.8, 4) is 0 Å². The predicted molar refractivity (Wildman–Crippen MR) is 46.1 cm³/mol. The summed E-state index contributed by atoms with van der Waals surface area (Å²) in [5.74, 6) is 0.185. The van der Waals surface area contributed by atoms with Gasteiger partial charge in [-0.25, -0.2) is 0 Å². The maximum Gasteiger partial charge on any atom is 0.222 e. The van der Waals surface area contributed by atoms with Crippen molar-refractivity contribution in [1.82, 2.24) is 5.32 Å². The van der Waals surface area contributed by atoms with Crippen molar-refractivity contribution in [3.05, 3.63) is 0 Å². The molecule has 2 unspecified atom stereocenters. The lowest BCUT2D eigenvalue weighted by atomic mass is 9.98. The molecule has 0 aliphatic heterocycles. The minimum Gasteiger partial charge on any atom is -0.359 e. The number of nitrogens with two attached hydrogens (primary N) is 1. The highest BCUT2D eigenvalue weighted by Crippen LogP contribution is 2.09. The largest absolute Gasteiger partial charge is 0.359 e. The molecule has 0 aromatic rings. The van der Waals surface area contributed by atoms with E-state index in [1.165, 1.54) is 0 Å². The van der Waals surface area contributed by atoms with Crippen LogP contribution < -0.4 is 11.1 Å². The summed E-state index contributed by atoms with van der Waals surface area (Å²) in [5, 5.41) is 2.63. The minimum atomic E-state index is 0.0833. The molecule has 1 amide bonds. The van der Waals surface area contributed by atoms with Crippen molar-refractivity contribution >= 4 is 5.91 Å². The molecule has 3 nitrogen and oxygen atoms in total. The smallest absolute Gasteiger partial charge is 0.222 e. The zero-order valence-electron chi connectivity index (χ0n) is 7.55. The van der Waals surface area contributed by atoms with Crippen LogP contribution in [0.4, 0.5) is 0 Å². The van der Waals surface area contributed by atoms with E-state index in [-0.39, 0.29) is 17.9 Å². The van der Waals surface area contributed by atoms with Crippen LogP contribution in [-0.2, 0) is 4.79 Å². The van der Waals surface area contributed by atoms with Crippen LogP contribution in [0.1, 0.15) is 26.7 Å². The SMILES string of the molecule is CCC(CC(C)N)C(=O)NC. The number of hydrogen-bond acceptors (Lipinski definition) is 2. The van der Waals surface area contributed by atoms with E-state index in [2.05, 4.69) is 5.32 Å². The van der Waals surface area contributed by atoms with Gasteiger partial charge in [0.15, 0.2) is 0 Å². The maximum absolute atomic E-state index is 11.1. The first-order chi connectivity index (χ1) is 5.11. The van der Waals surface area contributed by atoms with Crippen molar-refractivity contribution in [3.63, 3.8) is 0 Å². The van der Waals surface area contributed by atoms with E-state index in [0.717, 1.165) is 12.8 Å². The van der Waals surface area contributed by atoms with Crippen molar-refractivity contribution < 1.29 is 4.79 Å². The molecule has 3 N–H and O–H groups in total. The Bertz CT molecular complexity index is 123. The summed E-state index contributed by atoms with van der Waals surface area (Å²) in [6, 6.07) is 0.109. The Morgan fingerprint density at radius 1 is 1.64 bits per heavy atom. The summed E-state index contributed by atoms with van der Waals surface area (Å²) in [7, 11) is 1.66. The first-order valence-electron chi connectivity index (χ1n) is 4.09. The lowest BCUT2D eigenvalue weighted by Crippen LogP contribution is -2.31. The highest BCUT2D eigenvalue weighted by atomic mass is 16.1. The predicted octanol–water partition coefficient (Wildman–Crippen LogP) is 0.496. The van der Waals surface area contributed by atoms with E-state index in [0.29, 0.717) is 0 Å². The third kappa shape index (κ3) is 3.98. The van der Waals surface area contributed by atoms with Gasteiger partial charge in [0.1, 0.15) is 0 Å². The van der Waals surface area contributed by atoms with Crippen LogP contribution in [-0.4, -0.2) is 19.0 Å². The van der Waals surface area contributed by atoms with Crippen molar-refractivity contribution in [1.29, 1.82) is 0 Å². The quantitative estimate of drug-likeness (QED) is 0.626. The lowest BCUT2D eigenvalue weighted by Gasteiger charge is -2.14. The van der Waals surface area contributed by atoms with Gasteiger partial charge in [-0.15, -0.1) is 0 Å². The Labute approximate surface area is 68.3 Å². The summed E-state index contributed by atoms with van der Waals surface area (Å²) < 4.78 is 0. The van der Waals surface area contributed by atoms with E-state index in [1.807, 2.05) is 13.8 Å². The van der Waals surface area contributed by atoms with Gasteiger partial charge in [0.25, 0.3) is 0 Å². The van der Waals surface area contributed by atoms with Crippen molar-refractivity contribution in [2.45, 2.75) is 32.7 Å². The Morgan fingerprint density at radius 2 is 2.18 bits per heavy atom. The van der Waals surface area contributed by atoms with E-state index < -0.39 is 0 Å². The second-order valence-electron chi connectivity index (χ2n) is 2.93. The van der Waals surface area contributed by atoms with E-state index in [1.54, 1.807) is 7.05 Å². The molecule has 0 aromatic carbocycles. The normalized spacial score (nSPS) is 15.6. The highest BCUT2D eigenvalue weighted by molar-refractivity contribution is 5.78. The van der Waals surface area contributed by atoms with Crippen LogP contribution in [0.15, 0.2) is 0 Å². The van der Waals surface area contributed by atoms with Gasteiger partial charge in [-0.05, 0) is 19.8 Å². The number of carbonyl (C=O) groups is 1. The fraction of sp³-hybridized carbons (Fsp3) is 0.875. The lowest BCUT2D eigenvalue weighted by molar-refractivity contribution is -0.124. The number of amides is 1. The van der Waals surface area contributed by atoms with Crippen molar-refractivity contribution in [2.24, 2.45) is 11.7 Å². The zero-order chi connectivity index (χ0) is 8.85. The van der Waals surface area contributed by atoms with Crippen LogP contribution in [0.2, 0.25) is 0 Å². The summed E-state index contributed by atoms with van der Waals surface area (Å²) >= 11 is 0. The summed E-state index contributed by atoms with van der Waals surface area (Å²) in [5.41, 5.74) is 5.58. The highest BCUT2D eigenvalue weighted by Gasteiger charge is 2.15. The molecule has 2 atom stereocenters. The third-order valence-electron chi connectivity index (χ3n) is 1.77. The fourth-order valence-corrected chi connectivity index (χ4v) is 1.11. The second-order valence-corrected chi connectivity index (χ2v) is 2.93. The Kier molecular flexibility index (Phi) is 4.86. The van der Waals surface area contributed by atoms with Gasteiger partial charge in [0, 0.05) is 19.0 Å². The molecule has 0 aliphatic carbocycles. The van der Waals surface area contributed by atoms with Gasteiger partial charge < -0.3 is 11.1 Å². The summed E-state index contributed by atoms with van der Waals surface area (Å²) in [4.78, 5) is 11.1. The van der Waals surface area contributed by atoms with Gasteiger partial charge in [0.05, 0.1) is 0 Å². The van der Waals surface area contributed by atoms with Crippen LogP contribution in [0.5, 0.6) is 0 Å². The molecule has 0 spiro atoms. The molecule has 11 heavy (non-hydrogen) atoms. The molecule has 0 aromatic heterocycles. The van der Waals surface area contributed by atoms with Crippen LogP contribution in [0.25, 0.3) is 0 Å². The number of carbonyl (C=O) groups excluding carboxylic acids is 1. The summed E-state index contributed by atoms with van der Waals surface area (Å²) in [6.07, 6.45) is 1.64. The molecule has 3 heteroatoms.